The van der Waals surface area contributed by atoms with Gasteiger partial charge in [0.25, 0.3) is 0 Å². The summed E-state index contributed by atoms with van der Waals surface area (Å²) in [6.45, 7) is 8.43. The molecule has 1 fully saturated rings. The number of carbonyl (C=O) groups excluding carboxylic acids is 2. The third-order valence-corrected chi connectivity index (χ3v) is 4.02. The van der Waals surface area contributed by atoms with E-state index in [2.05, 4.69) is 20.6 Å². The first-order valence-electron chi connectivity index (χ1n) is 9.49. The number of rotatable bonds is 6. The van der Waals surface area contributed by atoms with Crippen LogP contribution in [-0.4, -0.2) is 77.0 Å². The average Bonchev–Trinajstić information content (AvgIpc) is 2.64. The number of unbranched alkanes of at least 4 members (excludes halogenated alkanes) is 1. The molecular weight excluding hydrogens is 364 g/mol. The number of hydrogen-bond acceptors (Lipinski definition) is 7. The third kappa shape index (κ3) is 7.18. The van der Waals surface area contributed by atoms with E-state index in [0.717, 1.165) is 0 Å². The Labute approximate surface area is 165 Å². The first-order chi connectivity index (χ1) is 13.3. The summed E-state index contributed by atoms with van der Waals surface area (Å²) in [5.74, 6) is 1.09. The lowest BCUT2D eigenvalue weighted by atomic mass is 10.2. The molecule has 28 heavy (non-hydrogen) atoms. The molecular formula is C18H30N6O4. The van der Waals surface area contributed by atoms with Gasteiger partial charge in [0, 0.05) is 45.4 Å². The molecule has 0 spiro atoms. The number of aliphatic hydroxyl groups excluding tert-OH is 1. The minimum atomic E-state index is -0.514. The molecule has 1 aliphatic rings. The van der Waals surface area contributed by atoms with Crippen molar-refractivity contribution in [2.75, 3.05) is 49.5 Å². The van der Waals surface area contributed by atoms with E-state index in [9.17, 15) is 9.59 Å². The van der Waals surface area contributed by atoms with Gasteiger partial charge in [0.2, 0.25) is 0 Å². The number of carbonyl (C=O) groups is 2. The van der Waals surface area contributed by atoms with E-state index in [-0.39, 0.29) is 18.7 Å². The number of hydrogen-bond donors (Lipinski definition) is 3. The molecule has 0 atom stereocenters. The Morgan fingerprint density at radius 1 is 1.18 bits per heavy atom. The van der Waals surface area contributed by atoms with E-state index in [4.69, 9.17) is 9.84 Å². The Kier molecular flexibility index (Phi) is 7.80. The van der Waals surface area contributed by atoms with Crippen molar-refractivity contribution >= 4 is 23.8 Å². The van der Waals surface area contributed by atoms with Crippen LogP contribution in [0.5, 0.6) is 0 Å². The Morgan fingerprint density at radius 2 is 1.89 bits per heavy atom. The molecule has 1 aromatic rings. The zero-order valence-corrected chi connectivity index (χ0v) is 16.8. The summed E-state index contributed by atoms with van der Waals surface area (Å²) in [7, 11) is 0. The maximum absolute atomic E-state index is 12.2. The Morgan fingerprint density at radius 3 is 2.54 bits per heavy atom. The molecule has 0 aromatic carbocycles. The summed E-state index contributed by atoms with van der Waals surface area (Å²) in [6.07, 6.45) is 2.44. The van der Waals surface area contributed by atoms with E-state index in [1.54, 1.807) is 11.0 Å². The number of ether oxygens (including phenoxy) is 1. The topological polar surface area (TPSA) is 120 Å². The van der Waals surface area contributed by atoms with Crippen molar-refractivity contribution in [1.82, 2.24) is 20.2 Å². The fourth-order valence-electron chi connectivity index (χ4n) is 2.63. The first kappa shape index (κ1) is 21.7. The van der Waals surface area contributed by atoms with Crippen molar-refractivity contribution in [2.45, 2.75) is 39.2 Å². The smallest absolute Gasteiger partial charge is 0.410 e. The molecule has 2 rings (SSSR count). The van der Waals surface area contributed by atoms with Crippen LogP contribution < -0.4 is 15.5 Å². The second kappa shape index (κ2) is 10.1. The average molecular weight is 394 g/mol. The van der Waals surface area contributed by atoms with Gasteiger partial charge in [0.1, 0.15) is 23.6 Å². The number of aromatic nitrogens is 2. The van der Waals surface area contributed by atoms with E-state index in [1.807, 2.05) is 25.7 Å². The van der Waals surface area contributed by atoms with Gasteiger partial charge in [-0.1, -0.05) is 0 Å². The molecule has 1 saturated heterocycles. The van der Waals surface area contributed by atoms with Gasteiger partial charge in [0.15, 0.2) is 0 Å². The lowest BCUT2D eigenvalue weighted by Gasteiger charge is -2.36. The van der Waals surface area contributed by atoms with Crippen LogP contribution in [0.25, 0.3) is 0 Å². The zero-order chi connectivity index (χ0) is 20.6. The molecule has 0 saturated carbocycles. The second-order valence-corrected chi connectivity index (χ2v) is 7.53. The highest BCUT2D eigenvalue weighted by Crippen LogP contribution is 2.17. The lowest BCUT2D eigenvalue weighted by Crippen LogP contribution is -2.50. The number of anilines is 2. The van der Waals surface area contributed by atoms with E-state index in [1.165, 1.54) is 6.33 Å². The summed E-state index contributed by atoms with van der Waals surface area (Å²) in [5.41, 5.74) is -0.514. The highest BCUT2D eigenvalue weighted by atomic mass is 16.6. The van der Waals surface area contributed by atoms with Crippen LogP contribution >= 0.6 is 0 Å². The number of amides is 3. The molecule has 3 amide bonds. The predicted octanol–water partition coefficient (Wildman–Crippen LogP) is 1.43. The molecule has 0 unspecified atom stereocenters. The standard InChI is InChI=1S/C18H30N6O4/c1-18(2,3)28-17(27)24-9-7-23(8-10-24)15-12-14(20-13-21-15)22-16(26)19-6-4-5-11-25/h12-13,25H,4-11H2,1-3H3,(H2,19,20,21,22,26). The zero-order valence-electron chi connectivity index (χ0n) is 16.8. The quantitative estimate of drug-likeness (QED) is 0.624. The second-order valence-electron chi connectivity index (χ2n) is 7.53. The summed E-state index contributed by atoms with van der Waals surface area (Å²) in [6, 6.07) is 1.36. The first-order valence-corrected chi connectivity index (χ1v) is 9.49. The van der Waals surface area contributed by atoms with Gasteiger partial charge in [0.05, 0.1) is 0 Å². The molecule has 0 radical (unpaired) electrons. The van der Waals surface area contributed by atoms with Crippen molar-refractivity contribution in [1.29, 1.82) is 0 Å². The van der Waals surface area contributed by atoms with Gasteiger partial charge >= 0.3 is 12.1 Å². The highest BCUT2D eigenvalue weighted by molar-refractivity contribution is 5.88. The van der Waals surface area contributed by atoms with Gasteiger partial charge in [-0.05, 0) is 33.6 Å². The van der Waals surface area contributed by atoms with Crippen LogP contribution in [0.1, 0.15) is 33.6 Å². The number of aliphatic hydroxyl groups is 1. The Hall–Kier alpha value is -2.62. The van der Waals surface area contributed by atoms with Crippen LogP contribution in [0.3, 0.4) is 0 Å². The van der Waals surface area contributed by atoms with Crippen LogP contribution in [0.2, 0.25) is 0 Å². The summed E-state index contributed by atoms with van der Waals surface area (Å²) < 4.78 is 5.40. The van der Waals surface area contributed by atoms with Gasteiger partial charge in [-0.2, -0.15) is 0 Å². The van der Waals surface area contributed by atoms with E-state index >= 15 is 0 Å². The van der Waals surface area contributed by atoms with Crippen molar-refractivity contribution in [3.05, 3.63) is 12.4 Å². The fourth-order valence-corrected chi connectivity index (χ4v) is 2.63. The van der Waals surface area contributed by atoms with Crippen LogP contribution in [0.4, 0.5) is 21.2 Å². The number of nitrogens with zero attached hydrogens (tertiary/aromatic N) is 4. The van der Waals surface area contributed by atoms with Crippen molar-refractivity contribution in [3.63, 3.8) is 0 Å². The molecule has 156 valence electrons. The number of urea groups is 1. The molecule has 3 N–H and O–H groups in total. The summed E-state index contributed by atoms with van der Waals surface area (Å²) in [4.78, 5) is 36.1. The molecule has 1 aliphatic heterocycles. The number of piperazine rings is 1. The van der Waals surface area contributed by atoms with Gasteiger partial charge < -0.3 is 25.0 Å². The minimum absolute atomic E-state index is 0.111. The maximum Gasteiger partial charge on any atom is 0.410 e. The number of nitrogens with one attached hydrogen (secondary N) is 2. The van der Waals surface area contributed by atoms with E-state index < -0.39 is 5.60 Å². The molecule has 0 aliphatic carbocycles. The molecule has 10 heteroatoms. The Balaban J connectivity index is 1.84. The largest absolute Gasteiger partial charge is 0.444 e. The van der Waals surface area contributed by atoms with Crippen LogP contribution in [0.15, 0.2) is 12.4 Å². The highest BCUT2D eigenvalue weighted by Gasteiger charge is 2.26. The summed E-state index contributed by atoms with van der Waals surface area (Å²) in [5, 5.41) is 14.1. The molecule has 10 nitrogen and oxygen atoms in total. The lowest BCUT2D eigenvalue weighted by molar-refractivity contribution is 0.0240. The van der Waals surface area contributed by atoms with Crippen LogP contribution in [-0.2, 0) is 4.74 Å². The normalized spacial score (nSPS) is 14.6. The predicted molar refractivity (Wildman–Crippen MR) is 105 cm³/mol. The van der Waals surface area contributed by atoms with E-state index in [0.29, 0.717) is 57.2 Å². The molecule has 2 heterocycles. The third-order valence-electron chi connectivity index (χ3n) is 4.02. The monoisotopic (exact) mass is 394 g/mol. The molecule has 0 bridgehead atoms. The van der Waals surface area contributed by atoms with Crippen molar-refractivity contribution < 1.29 is 19.4 Å². The fraction of sp³-hybridized carbons (Fsp3) is 0.667. The summed E-state index contributed by atoms with van der Waals surface area (Å²) >= 11 is 0. The van der Waals surface area contributed by atoms with Crippen molar-refractivity contribution in [2.24, 2.45) is 0 Å². The molecule has 1 aromatic heterocycles. The van der Waals surface area contributed by atoms with Gasteiger partial charge in [-0.25, -0.2) is 19.6 Å². The van der Waals surface area contributed by atoms with Gasteiger partial charge in [-0.3, -0.25) is 5.32 Å². The SMILES string of the molecule is CC(C)(C)OC(=O)N1CCN(c2cc(NC(=O)NCCCCO)ncn2)CC1. The maximum atomic E-state index is 12.2. The van der Waals surface area contributed by atoms with Crippen molar-refractivity contribution in [3.8, 4) is 0 Å². The van der Waals surface area contributed by atoms with Gasteiger partial charge in [-0.15, -0.1) is 0 Å². The Bertz CT molecular complexity index is 656. The minimum Gasteiger partial charge on any atom is -0.444 e. The van der Waals surface area contributed by atoms with Crippen LogP contribution in [0, 0.1) is 0 Å².